The van der Waals surface area contributed by atoms with Gasteiger partial charge in [0.05, 0.1) is 0 Å². The number of nitrogens with one attached hydrogen (secondary N) is 2. The predicted octanol–water partition coefficient (Wildman–Crippen LogP) is 2.52. The Hall–Kier alpha value is -1.07. The molecular weight excluding hydrogens is 318 g/mol. The second kappa shape index (κ2) is 8.27. The molecule has 0 radical (unpaired) electrons. The molecule has 0 saturated carbocycles. The molecule has 0 aliphatic rings. The average molecular weight is 342 g/mol. The van der Waals surface area contributed by atoms with E-state index in [-0.39, 0.29) is 5.91 Å². The molecule has 0 bridgehead atoms. The van der Waals surface area contributed by atoms with Gasteiger partial charge in [0.15, 0.2) is 0 Å². The molecule has 112 valence electrons. The lowest BCUT2D eigenvalue weighted by Crippen LogP contribution is -2.26. The number of carbonyl (C=O) groups excluding carboxylic acids is 1. The maximum absolute atomic E-state index is 11.3. The fourth-order valence-electron chi connectivity index (χ4n) is 1.75. The molecule has 0 fully saturated rings. The van der Waals surface area contributed by atoms with Gasteiger partial charge in [0.2, 0.25) is 5.91 Å². The van der Waals surface area contributed by atoms with Crippen molar-refractivity contribution < 1.29 is 4.79 Å². The second-order valence-electron chi connectivity index (χ2n) is 5.16. The summed E-state index contributed by atoms with van der Waals surface area (Å²) in [7, 11) is 3.66. The zero-order valence-corrected chi connectivity index (χ0v) is 14.3. The van der Waals surface area contributed by atoms with E-state index in [1.165, 1.54) is 5.56 Å². The van der Waals surface area contributed by atoms with Crippen molar-refractivity contribution in [2.75, 3.05) is 25.5 Å². The third-order valence-electron chi connectivity index (χ3n) is 3.13. The molecule has 1 rings (SSSR count). The van der Waals surface area contributed by atoms with E-state index >= 15 is 0 Å². The first-order valence-electron chi connectivity index (χ1n) is 6.87. The maximum atomic E-state index is 11.3. The van der Waals surface area contributed by atoms with E-state index in [4.69, 9.17) is 0 Å². The van der Waals surface area contributed by atoms with Gasteiger partial charge in [-0.2, -0.15) is 0 Å². The molecular formula is C15H24BrN3O. The molecule has 0 spiro atoms. The molecule has 0 atom stereocenters. The average Bonchev–Trinajstić information content (AvgIpc) is 2.42. The highest BCUT2D eigenvalue weighted by atomic mass is 79.9. The summed E-state index contributed by atoms with van der Waals surface area (Å²) in [6.07, 6.45) is 0.501. The molecule has 20 heavy (non-hydrogen) atoms. The van der Waals surface area contributed by atoms with Crippen LogP contribution in [0.2, 0.25) is 0 Å². The smallest absolute Gasteiger partial charge is 0.221 e. The summed E-state index contributed by atoms with van der Waals surface area (Å²) in [6.45, 7) is 5.82. The number of halogens is 1. The molecule has 0 heterocycles. The Morgan fingerprint density at radius 3 is 2.65 bits per heavy atom. The molecule has 0 aromatic heterocycles. The van der Waals surface area contributed by atoms with Crippen LogP contribution in [0.15, 0.2) is 22.7 Å². The summed E-state index contributed by atoms with van der Waals surface area (Å²) in [6, 6.07) is 6.77. The molecule has 0 aliphatic carbocycles. The van der Waals surface area contributed by atoms with Gasteiger partial charge in [0.1, 0.15) is 0 Å². The van der Waals surface area contributed by atoms with Crippen LogP contribution in [-0.2, 0) is 11.3 Å². The Morgan fingerprint density at radius 1 is 1.40 bits per heavy atom. The van der Waals surface area contributed by atoms with Gasteiger partial charge in [-0.1, -0.05) is 35.8 Å². The summed E-state index contributed by atoms with van der Waals surface area (Å²) < 4.78 is 1.09. The third-order valence-corrected chi connectivity index (χ3v) is 3.87. The summed E-state index contributed by atoms with van der Waals surface area (Å²) in [5, 5.41) is 6.04. The van der Waals surface area contributed by atoms with Crippen LogP contribution in [0.25, 0.3) is 0 Å². The Morgan fingerprint density at radius 2 is 2.10 bits per heavy atom. The number of amides is 1. The van der Waals surface area contributed by atoms with Crippen molar-refractivity contribution in [2.45, 2.75) is 32.9 Å². The molecule has 0 saturated heterocycles. The molecule has 0 aliphatic heterocycles. The van der Waals surface area contributed by atoms with Crippen LogP contribution in [0.4, 0.5) is 5.69 Å². The largest absolute Gasteiger partial charge is 0.374 e. The molecule has 2 N–H and O–H groups in total. The van der Waals surface area contributed by atoms with Crippen LogP contribution in [-0.4, -0.2) is 32.6 Å². The lowest BCUT2D eigenvalue weighted by Gasteiger charge is -2.20. The number of benzene rings is 1. The summed E-state index contributed by atoms with van der Waals surface area (Å²) >= 11 is 3.61. The molecule has 4 nitrogen and oxygen atoms in total. The summed E-state index contributed by atoms with van der Waals surface area (Å²) in [5.74, 6) is 0.0636. The first-order valence-corrected chi connectivity index (χ1v) is 7.67. The Labute approximate surface area is 130 Å². The minimum absolute atomic E-state index is 0.0636. The van der Waals surface area contributed by atoms with Crippen molar-refractivity contribution in [3.63, 3.8) is 0 Å². The van der Waals surface area contributed by atoms with Gasteiger partial charge < -0.3 is 15.5 Å². The lowest BCUT2D eigenvalue weighted by atomic mass is 10.2. The van der Waals surface area contributed by atoms with Crippen LogP contribution < -0.4 is 15.5 Å². The fraction of sp³-hybridized carbons (Fsp3) is 0.533. The van der Waals surface area contributed by atoms with Crippen molar-refractivity contribution >= 4 is 27.5 Å². The van der Waals surface area contributed by atoms with Gasteiger partial charge in [-0.15, -0.1) is 0 Å². The first kappa shape index (κ1) is 17.0. The van der Waals surface area contributed by atoms with E-state index in [2.05, 4.69) is 63.5 Å². The van der Waals surface area contributed by atoms with Crippen molar-refractivity contribution in [1.82, 2.24) is 10.6 Å². The van der Waals surface area contributed by atoms with E-state index in [1.54, 1.807) is 7.05 Å². The van der Waals surface area contributed by atoms with E-state index < -0.39 is 0 Å². The molecule has 5 heteroatoms. The highest BCUT2D eigenvalue weighted by molar-refractivity contribution is 9.10. The lowest BCUT2D eigenvalue weighted by molar-refractivity contribution is -0.120. The number of anilines is 1. The normalized spacial score (nSPS) is 10.7. The van der Waals surface area contributed by atoms with E-state index in [0.29, 0.717) is 19.0 Å². The van der Waals surface area contributed by atoms with Crippen LogP contribution >= 0.6 is 15.9 Å². The van der Waals surface area contributed by atoms with Crippen molar-refractivity contribution in [2.24, 2.45) is 0 Å². The van der Waals surface area contributed by atoms with Crippen molar-refractivity contribution in [1.29, 1.82) is 0 Å². The van der Waals surface area contributed by atoms with Crippen LogP contribution in [0.5, 0.6) is 0 Å². The van der Waals surface area contributed by atoms with Gasteiger partial charge in [-0.3, -0.25) is 4.79 Å². The Kier molecular flexibility index (Phi) is 7.02. The SMILES string of the molecule is CNC(=O)CCN(C)c1ccc(CNC(C)C)c(Br)c1. The molecule has 1 aromatic carbocycles. The third kappa shape index (κ3) is 5.51. The maximum Gasteiger partial charge on any atom is 0.221 e. The Balaban J connectivity index is 2.63. The second-order valence-corrected chi connectivity index (χ2v) is 6.01. The van der Waals surface area contributed by atoms with Crippen LogP contribution in [0, 0.1) is 0 Å². The summed E-state index contributed by atoms with van der Waals surface area (Å²) in [5.41, 5.74) is 2.34. The highest BCUT2D eigenvalue weighted by Crippen LogP contribution is 2.23. The standard InChI is InChI=1S/C15H24BrN3O/c1-11(2)18-10-12-5-6-13(9-14(12)16)19(4)8-7-15(20)17-3/h5-6,9,11,18H,7-8,10H2,1-4H3,(H,17,20). The van der Waals surface area contributed by atoms with Crippen LogP contribution in [0.3, 0.4) is 0 Å². The highest BCUT2D eigenvalue weighted by Gasteiger charge is 2.07. The van der Waals surface area contributed by atoms with Gasteiger partial charge in [0, 0.05) is 49.8 Å². The number of rotatable bonds is 7. The van der Waals surface area contributed by atoms with Crippen LogP contribution in [0.1, 0.15) is 25.8 Å². The monoisotopic (exact) mass is 341 g/mol. The number of hydrogen-bond donors (Lipinski definition) is 2. The number of hydrogen-bond acceptors (Lipinski definition) is 3. The zero-order chi connectivity index (χ0) is 15.1. The zero-order valence-electron chi connectivity index (χ0n) is 12.7. The van der Waals surface area contributed by atoms with E-state index in [1.807, 2.05) is 7.05 Å². The van der Waals surface area contributed by atoms with Gasteiger partial charge in [-0.05, 0) is 17.7 Å². The predicted molar refractivity (Wildman–Crippen MR) is 88.1 cm³/mol. The van der Waals surface area contributed by atoms with Gasteiger partial charge in [-0.25, -0.2) is 0 Å². The van der Waals surface area contributed by atoms with Gasteiger partial charge >= 0.3 is 0 Å². The van der Waals surface area contributed by atoms with E-state index in [0.717, 1.165) is 16.7 Å². The van der Waals surface area contributed by atoms with Crippen molar-refractivity contribution in [3.05, 3.63) is 28.2 Å². The molecule has 1 aromatic rings. The minimum Gasteiger partial charge on any atom is -0.374 e. The minimum atomic E-state index is 0.0636. The van der Waals surface area contributed by atoms with Crippen molar-refractivity contribution in [3.8, 4) is 0 Å². The fourth-order valence-corrected chi connectivity index (χ4v) is 2.26. The quantitative estimate of drug-likeness (QED) is 0.800. The molecule has 0 unspecified atom stereocenters. The first-order chi connectivity index (χ1) is 9.43. The number of nitrogens with zero attached hydrogens (tertiary/aromatic N) is 1. The molecule has 1 amide bonds. The number of carbonyl (C=O) groups is 1. The topological polar surface area (TPSA) is 44.4 Å². The van der Waals surface area contributed by atoms with Gasteiger partial charge in [0.25, 0.3) is 0 Å². The summed E-state index contributed by atoms with van der Waals surface area (Å²) in [4.78, 5) is 13.3. The van der Waals surface area contributed by atoms with E-state index in [9.17, 15) is 4.79 Å². The Bertz CT molecular complexity index is 449.